The molecule has 2 rings (SSSR count). The van der Waals surface area contributed by atoms with Crippen molar-refractivity contribution in [2.45, 2.75) is 44.4 Å². The molecule has 112 valence electrons. The van der Waals surface area contributed by atoms with E-state index in [4.69, 9.17) is 0 Å². The molecule has 1 N–H and O–H groups in total. The number of hydrogen-bond acceptors (Lipinski definition) is 1. The molecule has 0 heterocycles. The Bertz CT molecular complexity index is 444. The second kappa shape index (κ2) is 6.12. The molecule has 1 aliphatic rings. The highest BCUT2D eigenvalue weighted by Crippen LogP contribution is 2.41. The molecule has 1 aromatic carbocycles. The van der Waals surface area contributed by atoms with Crippen LogP contribution in [0.15, 0.2) is 24.3 Å². The molecule has 0 amide bonds. The van der Waals surface area contributed by atoms with Crippen LogP contribution < -0.4 is 0 Å². The number of halogens is 4. The zero-order chi connectivity index (χ0) is 14.8. The summed E-state index contributed by atoms with van der Waals surface area (Å²) in [6.45, 7) is 0. The summed E-state index contributed by atoms with van der Waals surface area (Å²) in [6.07, 6.45) is -3.94. The number of aliphatic hydroxyl groups is 1. The van der Waals surface area contributed by atoms with E-state index in [1.165, 1.54) is 6.07 Å². The van der Waals surface area contributed by atoms with Crippen molar-refractivity contribution in [3.8, 4) is 0 Å². The van der Waals surface area contributed by atoms with Crippen LogP contribution in [0, 0.1) is 17.7 Å². The Hall–Kier alpha value is -1.10. The second-order valence-electron chi connectivity index (χ2n) is 5.53. The maximum absolute atomic E-state index is 13.5. The van der Waals surface area contributed by atoms with Gasteiger partial charge in [0.1, 0.15) is 5.82 Å². The third-order valence-corrected chi connectivity index (χ3v) is 4.11. The van der Waals surface area contributed by atoms with Crippen LogP contribution in [0.1, 0.15) is 31.2 Å². The van der Waals surface area contributed by atoms with Crippen LogP contribution in [0.2, 0.25) is 0 Å². The van der Waals surface area contributed by atoms with Crippen molar-refractivity contribution < 1.29 is 22.7 Å². The van der Waals surface area contributed by atoms with Gasteiger partial charge in [-0.1, -0.05) is 24.6 Å². The van der Waals surface area contributed by atoms with Gasteiger partial charge in [0.15, 0.2) is 0 Å². The zero-order valence-corrected chi connectivity index (χ0v) is 11.0. The fourth-order valence-electron chi connectivity index (χ4n) is 2.93. The Morgan fingerprint density at radius 3 is 2.55 bits per heavy atom. The van der Waals surface area contributed by atoms with Crippen LogP contribution in [0.3, 0.4) is 0 Å². The summed E-state index contributed by atoms with van der Waals surface area (Å²) < 4.78 is 51.7. The van der Waals surface area contributed by atoms with Crippen LogP contribution in [-0.4, -0.2) is 17.4 Å². The molecule has 0 aromatic heterocycles. The third-order valence-electron chi connectivity index (χ3n) is 4.11. The minimum absolute atomic E-state index is 0.0564. The molecule has 1 nitrogen and oxygen atoms in total. The molecular formula is C15H18F4O. The normalized spacial score (nSPS) is 25.4. The van der Waals surface area contributed by atoms with Crippen molar-refractivity contribution in [1.82, 2.24) is 0 Å². The van der Waals surface area contributed by atoms with Gasteiger partial charge in [0.05, 0.1) is 12.0 Å². The highest BCUT2D eigenvalue weighted by atomic mass is 19.4. The van der Waals surface area contributed by atoms with Crippen molar-refractivity contribution in [2.75, 3.05) is 0 Å². The molecule has 0 aliphatic heterocycles. The topological polar surface area (TPSA) is 20.2 Å². The van der Waals surface area contributed by atoms with Gasteiger partial charge in [-0.2, -0.15) is 13.2 Å². The molecule has 0 bridgehead atoms. The van der Waals surface area contributed by atoms with Gasteiger partial charge in [-0.25, -0.2) is 4.39 Å². The lowest BCUT2D eigenvalue weighted by Gasteiger charge is -2.33. The highest BCUT2D eigenvalue weighted by Gasteiger charge is 2.43. The van der Waals surface area contributed by atoms with Crippen LogP contribution in [-0.2, 0) is 6.42 Å². The highest BCUT2D eigenvalue weighted by molar-refractivity contribution is 5.18. The van der Waals surface area contributed by atoms with E-state index in [-0.39, 0.29) is 19.3 Å². The number of rotatable bonds is 3. The maximum atomic E-state index is 13.5. The lowest BCUT2D eigenvalue weighted by Crippen LogP contribution is -2.34. The average Bonchev–Trinajstić information content (AvgIpc) is 2.40. The first kappa shape index (κ1) is 15.3. The van der Waals surface area contributed by atoms with Crippen molar-refractivity contribution in [3.05, 3.63) is 35.6 Å². The van der Waals surface area contributed by atoms with Crippen LogP contribution in [0.4, 0.5) is 17.6 Å². The van der Waals surface area contributed by atoms with Gasteiger partial charge >= 0.3 is 6.18 Å². The second-order valence-corrected chi connectivity index (χ2v) is 5.53. The van der Waals surface area contributed by atoms with E-state index in [0.717, 1.165) is 0 Å². The fraction of sp³-hybridized carbons (Fsp3) is 0.600. The fourth-order valence-corrected chi connectivity index (χ4v) is 2.93. The number of alkyl halides is 3. The smallest absolute Gasteiger partial charge is 0.391 e. The Labute approximate surface area is 115 Å². The van der Waals surface area contributed by atoms with Crippen LogP contribution in [0.5, 0.6) is 0 Å². The summed E-state index contributed by atoms with van der Waals surface area (Å²) in [5.74, 6) is -2.17. The van der Waals surface area contributed by atoms with Crippen molar-refractivity contribution in [2.24, 2.45) is 11.8 Å². The molecule has 0 saturated heterocycles. The Morgan fingerprint density at radius 2 is 1.90 bits per heavy atom. The first-order chi connectivity index (χ1) is 9.38. The predicted molar refractivity (Wildman–Crippen MR) is 67.6 cm³/mol. The Morgan fingerprint density at radius 1 is 1.20 bits per heavy atom. The van der Waals surface area contributed by atoms with Gasteiger partial charge < -0.3 is 5.11 Å². The minimum Gasteiger partial charge on any atom is -0.392 e. The SMILES string of the molecule is OC(Cc1ccccc1F)C1CCCC(C(F)(F)F)C1. The van der Waals surface area contributed by atoms with Crippen molar-refractivity contribution in [1.29, 1.82) is 0 Å². The van der Waals surface area contributed by atoms with Crippen molar-refractivity contribution >= 4 is 0 Å². The molecule has 1 fully saturated rings. The minimum atomic E-state index is -4.20. The summed E-state index contributed by atoms with van der Waals surface area (Å²) in [5.41, 5.74) is 0.356. The van der Waals surface area contributed by atoms with E-state index in [1.807, 2.05) is 0 Å². The van der Waals surface area contributed by atoms with Gasteiger partial charge in [0.2, 0.25) is 0 Å². The van der Waals surface area contributed by atoms with E-state index in [9.17, 15) is 22.7 Å². The standard InChI is InChI=1S/C15H18F4O/c16-13-7-2-1-4-10(13)9-14(20)11-5-3-6-12(8-11)15(17,18)19/h1-2,4,7,11-12,14,20H,3,5-6,8-9H2. The molecule has 1 saturated carbocycles. The summed E-state index contributed by atoms with van der Waals surface area (Å²) in [7, 11) is 0. The van der Waals surface area contributed by atoms with E-state index in [2.05, 4.69) is 0 Å². The van der Waals surface area contributed by atoms with Crippen LogP contribution in [0.25, 0.3) is 0 Å². The zero-order valence-electron chi connectivity index (χ0n) is 11.0. The molecule has 0 spiro atoms. The maximum Gasteiger partial charge on any atom is 0.391 e. The first-order valence-electron chi connectivity index (χ1n) is 6.86. The largest absolute Gasteiger partial charge is 0.392 e. The van der Waals surface area contributed by atoms with E-state index in [1.54, 1.807) is 18.2 Å². The van der Waals surface area contributed by atoms with E-state index in [0.29, 0.717) is 18.4 Å². The van der Waals surface area contributed by atoms with Gasteiger partial charge in [0, 0.05) is 6.42 Å². The quantitative estimate of drug-likeness (QED) is 0.831. The van der Waals surface area contributed by atoms with Gasteiger partial charge in [-0.05, 0) is 36.8 Å². The Kier molecular flexibility index (Phi) is 4.68. The van der Waals surface area contributed by atoms with E-state index >= 15 is 0 Å². The molecule has 3 unspecified atom stereocenters. The first-order valence-corrected chi connectivity index (χ1v) is 6.86. The molecule has 1 aliphatic carbocycles. The number of benzene rings is 1. The molecule has 1 aromatic rings. The number of aliphatic hydroxyl groups excluding tert-OH is 1. The lowest BCUT2D eigenvalue weighted by molar-refractivity contribution is -0.188. The number of hydrogen-bond donors (Lipinski definition) is 1. The molecule has 0 radical (unpaired) electrons. The summed E-state index contributed by atoms with van der Waals surface area (Å²) >= 11 is 0. The summed E-state index contributed by atoms with van der Waals surface area (Å²) in [6, 6.07) is 6.06. The lowest BCUT2D eigenvalue weighted by atomic mass is 9.77. The van der Waals surface area contributed by atoms with Crippen molar-refractivity contribution in [3.63, 3.8) is 0 Å². The Balaban J connectivity index is 1.99. The molecular weight excluding hydrogens is 272 g/mol. The third kappa shape index (κ3) is 3.72. The van der Waals surface area contributed by atoms with E-state index < -0.39 is 29.9 Å². The van der Waals surface area contributed by atoms with Gasteiger partial charge in [-0.3, -0.25) is 0 Å². The predicted octanol–water partition coefficient (Wildman–Crippen LogP) is 4.10. The molecule has 5 heteroatoms. The van der Waals surface area contributed by atoms with Crippen LogP contribution >= 0.6 is 0 Å². The summed E-state index contributed by atoms with van der Waals surface area (Å²) in [5, 5.41) is 10.1. The molecule has 3 atom stereocenters. The van der Waals surface area contributed by atoms with Gasteiger partial charge in [0.25, 0.3) is 0 Å². The average molecular weight is 290 g/mol. The monoisotopic (exact) mass is 290 g/mol. The molecule has 20 heavy (non-hydrogen) atoms. The summed E-state index contributed by atoms with van der Waals surface area (Å²) in [4.78, 5) is 0. The van der Waals surface area contributed by atoms with Gasteiger partial charge in [-0.15, -0.1) is 0 Å².